The first-order chi connectivity index (χ1) is 11.4. The van der Waals surface area contributed by atoms with Crippen molar-refractivity contribution in [2.75, 3.05) is 32.8 Å². The van der Waals surface area contributed by atoms with Gasteiger partial charge in [-0.1, -0.05) is 43.1 Å². The second-order valence-electron chi connectivity index (χ2n) is 6.63. The Kier molecular flexibility index (Phi) is 7.35. The molecule has 2 rings (SSSR count). The molecule has 24 heavy (non-hydrogen) atoms. The molecule has 1 unspecified atom stereocenters. The molecule has 1 aromatic carbocycles. The van der Waals surface area contributed by atoms with Crippen LogP contribution in [0.3, 0.4) is 0 Å². The molecular weight excluding hydrogens is 347 g/mol. The first-order valence-electron chi connectivity index (χ1n) is 8.47. The lowest BCUT2D eigenvalue weighted by Gasteiger charge is -2.40. The van der Waals surface area contributed by atoms with Gasteiger partial charge in [-0.05, 0) is 30.5 Å². The van der Waals surface area contributed by atoms with Crippen molar-refractivity contribution in [1.29, 1.82) is 0 Å². The van der Waals surface area contributed by atoms with Gasteiger partial charge in [0.25, 0.3) is 0 Å². The summed E-state index contributed by atoms with van der Waals surface area (Å²) in [7, 11) is 0. The Hall–Kier alpha value is -0.810. The van der Waals surface area contributed by atoms with Crippen LogP contribution in [0.15, 0.2) is 18.2 Å². The zero-order valence-electron chi connectivity index (χ0n) is 14.6. The summed E-state index contributed by atoms with van der Waals surface area (Å²) in [5, 5.41) is 1.25. The zero-order valence-corrected chi connectivity index (χ0v) is 16.1. The average Bonchev–Trinajstić information content (AvgIpc) is 2.51. The summed E-state index contributed by atoms with van der Waals surface area (Å²) in [6, 6.07) is 5.24. The van der Waals surface area contributed by atoms with Gasteiger partial charge >= 0.3 is 5.97 Å². The summed E-state index contributed by atoms with van der Waals surface area (Å²) in [6.07, 6.45) is 0. The van der Waals surface area contributed by atoms with Crippen LogP contribution in [-0.2, 0) is 16.1 Å². The van der Waals surface area contributed by atoms with Gasteiger partial charge in [0.1, 0.15) is 6.04 Å². The monoisotopic (exact) mass is 372 g/mol. The van der Waals surface area contributed by atoms with E-state index in [1.54, 1.807) is 6.07 Å². The summed E-state index contributed by atoms with van der Waals surface area (Å²) in [5.41, 5.74) is 0.979. The van der Waals surface area contributed by atoms with Gasteiger partial charge in [-0.3, -0.25) is 14.6 Å². The van der Waals surface area contributed by atoms with Gasteiger partial charge in [-0.15, -0.1) is 0 Å². The highest BCUT2D eigenvalue weighted by molar-refractivity contribution is 6.35. The van der Waals surface area contributed by atoms with E-state index in [0.29, 0.717) is 35.7 Å². The Morgan fingerprint density at radius 1 is 1.33 bits per heavy atom. The fourth-order valence-electron chi connectivity index (χ4n) is 3.08. The molecule has 1 atom stereocenters. The van der Waals surface area contributed by atoms with E-state index in [4.69, 9.17) is 27.9 Å². The molecule has 1 aliphatic heterocycles. The van der Waals surface area contributed by atoms with E-state index in [2.05, 4.69) is 23.6 Å². The lowest BCUT2D eigenvalue weighted by Crippen LogP contribution is -2.56. The topological polar surface area (TPSA) is 32.8 Å². The van der Waals surface area contributed by atoms with Crippen molar-refractivity contribution in [3.05, 3.63) is 33.8 Å². The highest BCUT2D eigenvalue weighted by Gasteiger charge is 2.33. The number of hydrogen-bond acceptors (Lipinski definition) is 4. The van der Waals surface area contributed by atoms with Crippen LogP contribution in [0.25, 0.3) is 0 Å². The van der Waals surface area contributed by atoms with Crippen molar-refractivity contribution < 1.29 is 9.53 Å². The van der Waals surface area contributed by atoms with Gasteiger partial charge in [0.15, 0.2) is 0 Å². The summed E-state index contributed by atoms with van der Waals surface area (Å²) >= 11 is 12.3. The molecule has 0 bridgehead atoms. The van der Waals surface area contributed by atoms with Gasteiger partial charge in [0, 0.05) is 42.8 Å². The van der Waals surface area contributed by atoms with Crippen molar-refractivity contribution in [1.82, 2.24) is 9.80 Å². The molecule has 0 aromatic heterocycles. The first-order valence-corrected chi connectivity index (χ1v) is 9.23. The maximum atomic E-state index is 12.4. The Morgan fingerprint density at radius 2 is 2.08 bits per heavy atom. The standard InChI is InChI=1S/C18H26Cl2N2O2/c1-4-24-18(23)17-12-21(10-13(2)3)7-8-22(17)11-14-5-6-15(19)9-16(14)20/h5-6,9,13,17H,4,7-8,10-12H2,1-3H3. The average molecular weight is 373 g/mol. The van der Waals surface area contributed by atoms with E-state index < -0.39 is 0 Å². The fourth-order valence-corrected chi connectivity index (χ4v) is 3.55. The van der Waals surface area contributed by atoms with Crippen LogP contribution in [0.2, 0.25) is 10.0 Å². The van der Waals surface area contributed by atoms with Crippen LogP contribution < -0.4 is 0 Å². The fraction of sp³-hybridized carbons (Fsp3) is 0.611. The predicted molar refractivity (Wildman–Crippen MR) is 98.6 cm³/mol. The molecule has 4 nitrogen and oxygen atoms in total. The van der Waals surface area contributed by atoms with Crippen LogP contribution >= 0.6 is 23.2 Å². The number of carbonyl (C=O) groups is 1. The van der Waals surface area contributed by atoms with Gasteiger partial charge in [0.2, 0.25) is 0 Å². The van der Waals surface area contributed by atoms with E-state index in [-0.39, 0.29) is 12.0 Å². The third kappa shape index (κ3) is 5.35. The largest absolute Gasteiger partial charge is 0.465 e. The quantitative estimate of drug-likeness (QED) is 0.712. The second-order valence-corrected chi connectivity index (χ2v) is 7.47. The van der Waals surface area contributed by atoms with E-state index in [1.165, 1.54) is 0 Å². The SMILES string of the molecule is CCOC(=O)C1CN(CC(C)C)CCN1Cc1ccc(Cl)cc1Cl. The summed E-state index contributed by atoms with van der Waals surface area (Å²) in [6.45, 7) is 10.7. The maximum Gasteiger partial charge on any atom is 0.324 e. The van der Waals surface area contributed by atoms with E-state index in [0.717, 1.165) is 25.2 Å². The third-order valence-corrected chi connectivity index (χ3v) is 4.73. The minimum absolute atomic E-state index is 0.156. The van der Waals surface area contributed by atoms with Crippen molar-refractivity contribution >= 4 is 29.2 Å². The number of nitrogens with zero attached hydrogens (tertiary/aromatic N) is 2. The molecule has 6 heteroatoms. The first kappa shape index (κ1) is 19.5. The molecule has 0 N–H and O–H groups in total. The Balaban J connectivity index is 2.12. The normalized spacial score (nSPS) is 19.7. The Bertz CT molecular complexity index is 566. The van der Waals surface area contributed by atoms with Gasteiger partial charge in [-0.2, -0.15) is 0 Å². The zero-order chi connectivity index (χ0) is 17.7. The predicted octanol–water partition coefficient (Wildman–Crippen LogP) is 3.70. The van der Waals surface area contributed by atoms with Crippen LogP contribution in [0.4, 0.5) is 0 Å². The Morgan fingerprint density at radius 3 is 2.71 bits per heavy atom. The minimum atomic E-state index is -0.260. The number of rotatable bonds is 6. The molecule has 0 aliphatic carbocycles. The van der Waals surface area contributed by atoms with Crippen LogP contribution in [0, 0.1) is 5.92 Å². The second kappa shape index (κ2) is 9.04. The third-order valence-electron chi connectivity index (χ3n) is 4.15. The number of benzene rings is 1. The summed E-state index contributed by atoms with van der Waals surface area (Å²) in [4.78, 5) is 16.9. The number of carbonyl (C=O) groups excluding carboxylic acids is 1. The molecule has 0 radical (unpaired) electrons. The molecule has 1 fully saturated rings. The molecular formula is C18H26Cl2N2O2. The van der Waals surface area contributed by atoms with Crippen LogP contribution in [0.5, 0.6) is 0 Å². The van der Waals surface area contributed by atoms with Crippen molar-refractivity contribution in [2.24, 2.45) is 5.92 Å². The van der Waals surface area contributed by atoms with Crippen molar-refractivity contribution in [2.45, 2.75) is 33.4 Å². The van der Waals surface area contributed by atoms with Crippen LogP contribution in [0.1, 0.15) is 26.3 Å². The molecule has 1 aliphatic rings. The highest BCUT2D eigenvalue weighted by atomic mass is 35.5. The molecule has 0 saturated carbocycles. The molecule has 0 amide bonds. The van der Waals surface area contributed by atoms with Crippen molar-refractivity contribution in [3.63, 3.8) is 0 Å². The lowest BCUT2D eigenvalue weighted by atomic mass is 10.1. The molecule has 134 valence electrons. The van der Waals surface area contributed by atoms with E-state index >= 15 is 0 Å². The minimum Gasteiger partial charge on any atom is -0.465 e. The van der Waals surface area contributed by atoms with E-state index in [1.807, 2.05) is 19.1 Å². The summed E-state index contributed by atoms with van der Waals surface area (Å²) < 4.78 is 5.29. The number of halogens is 2. The molecule has 1 heterocycles. The van der Waals surface area contributed by atoms with Gasteiger partial charge in [0.05, 0.1) is 6.61 Å². The van der Waals surface area contributed by atoms with Gasteiger partial charge in [-0.25, -0.2) is 0 Å². The lowest BCUT2D eigenvalue weighted by molar-refractivity contribution is -0.152. The number of ether oxygens (including phenoxy) is 1. The molecule has 1 saturated heterocycles. The molecule has 1 aromatic rings. The number of hydrogen-bond donors (Lipinski definition) is 0. The van der Waals surface area contributed by atoms with E-state index in [9.17, 15) is 4.79 Å². The number of esters is 1. The Labute approximate surface area is 154 Å². The number of piperazine rings is 1. The highest BCUT2D eigenvalue weighted by Crippen LogP contribution is 2.24. The summed E-state index contributed by atoms with van der Waals surface area (Å²) in [5.74, 6) is 0.418. The molecule has 0 spiro atoms. The van der Waals surface area contributed by atoms with Crippen molar-refractivity contribution in [3.8, 4) is 0 Å². The smallest absolute Gasteiger partial charge is 0.324 e. The van der Waals surface area contributed by atoms with Crippen LogP contribution in [-0.4, -0.2) is 54.6 Å². The van der Waals surface area contributed by atoms with Gasteiger partial charge < -0.3 is 4.74 Å². The maximum absolute atomic E-state index is 12.4.